The van der Waals surface area contributed by atoms with Gasteiger partial charge >= 0.3 is 5.91 Å². The number of nitrogen functional groups attached to an aromatic ring is 1. The van der Waals surface area contributed by atoms with Crippen LogP contribution >= 0.6 is 23.3 Å². The Balaban J connectivity index is 2.05. The van der Waals surface area contributed by atoms with Gasteiger partial charge in [0.15, 0.2) is 10.1 Å². The van der Waals surface area contributed by atoms with Gasteiger partial charge in [-0.2, -0.15) is 4.37 Å². The number of furan rings is 1. The van der Waals surface area contributed by atoms with E-state index >= 15 is 0 Å². The van der Waals surface area contributed by atoms with Crippen LogP contribution in [0.25, 0.3) is 0 Å². The van der Waals surface area contributed by atoms with E-state index < -0.39 is 5.91 Å². The Hall–Kier alpha value is -1.38. The highest BCUT2D eigenvalue weighted by atomic mass is 32.2. The Morgan fingerprint density at radius 2 is 2.39 bits per heavy atom. The van der Waals surface area contributed by atoms with Gasteiger partial charge < -0.3 is 4.42 Å². The first-order chi connectivity index (χ1) is 8.60. The Labute approximate surface area is 112 Å². The van der Waals surface area contributed by atoms with Gasteiger partial charge in [-0.25, -0.2) is 10.8 Å². The van der Waals surface area contributed by atoms with Gasteiger partial charge in [0, 0.05) is 11.3 Å². The highest BCUT2D eigenvalue weighted by Gasteiger charge is 2.14. The molecule has 0 spiro atoms. The molecule has 6 nitrogen and oxygen atoms in total. The first-order valence-corrected chi connectivity index (χ1v) is 6.89. The van der Waals surface area contributed by atoms with E-state index in [-0.39, 0.29) is 5.76 Å². The molecule has 1 amide bonds. The number of hydrogen-bond donors (Lipinski definition) is 2. The lowest BCUT2D eigenvalue weighted by Gasteiger charge is -1.94. The lowest BCUT2D eigenvalue weighted by molar-refractivity contribution is 0.0924. The maximum atomic E-state index is 11.3. The number of carbonyl (C=O) groups excluding carboxylic acids is 1. The molecule has 0 unspecified atom stereocenters. The zero-order valence-corrected chi connectivity index (χ0v) is 11.5. The number of nitrogens with one attached hydrogen (secondary N) is 1. The standard InChI is InChI=1S/C10H12N4O2S2/c1-5-7(3-8(16-5)9(15)13-11)4-17-10-12-6(2)14-18-10/h3H,4,11H2,1-2H3,(H,13,15). The molecule has 2 aromatic heterocycles. The number of hydrazine groups is 1. The summed E-state index contributed by atoms with van der Waals surface area (Å²) in [6, 6.07) is 1.69. The number of hydrogen-bond acceptors (Lipinski definition) is 7. The van der Waals surface area contributed by atoms with E-state index in [0.29, 0.717) is 11.5 Å². The SMILES string of the molecule is Cc1nsc(SCc2cc(C(=O)NN)oc2C)n1. The van der Waals surface area contributed by atoms with Crippen LogP contribution in [0.5, 0.6) is 0 Å². The summed E-state index contributed by atoms with van der Waals surface area (Å²) in [6.45, 7) is 3.67. The van der Waals surface area contributed by atoms with E-state index in [1.807, 2.05) is 19.3 Å². The minimum Gasteiger partial charge on any atom is -0.456 e. The van der Waals surface area contributed by atoms with Crippen molar-refractivity contribution >= 4 is 29.2 Å². The largest absolute Gasteiger partial charge is 0.456 e. The molecule has 3 N–H and O–H groups in total. The van der Waals surface area contributed by atoms with Gasteiger partial charge in [-0.05, 0) is 31.4 Å². The summed E-state index contributed by atoms with van der Waals surface area (Å²) in [5.41, 5.74) is 2.99. The lowest BCUT2D eigenvalue weighted by Crippen LogP contribution is -2.29. The minimum absolute atomic E-state index is 0.221. The van der Waals surface area contributed by atoms with Gasteiger partial charge in [-0.1, -0.05) is 11.8 Å². The summed E-state index contributed by atoms with van der Waals surface area (Å²) in [4.78, 5) is 15.6. The predicted octanol–water partition coefficient (Wildman–Crippen LogP) is 1.64. The zero-order chi connectivity index (χ0) is 13.1. The number of aryl methyl sites for hydroxylation is 2. The van der Waals surface area contributed by atoms with Gasteiger partial charge in [0.05, 0.1) is 0 Å². The van der Waals surface area contributed by atoms with Gasteiger partial charge in [0.1, 0.15) is 11.6 Å². The Kier molecular flexibility index (Phi) is 4.00. The number of aromatic nitrogens is 2. The normalized spacial score (nSPS) is 10.6. The van der Waals surface area contributed by atoms with E-state index in [0.717, 1.165) is 15.7 Å². The summed E-state index contributed by atoms with van der Waals surface area (Å²) in [5, 5.41) is 0. The van der Waals surface area contributed by atoms with Gasteiger partial charge in [-0.3, -0.25) is 10.2 Å². The number of carbonyl (C=O) groups is 1. The first-order valence-electron chi connectivity index (χ1n) is 5.13. The highest BCUT2D eigenvalue weighted by molar-refractivity contribution is 8.00. The van der Waals surface area contributed by atoms with Crippen LogP contribution in [0.3, 0.4) is 0 Å². The molecule has 0 atom stereocenters. The summed E-state index contributed by atoms with van der Waals surface area (Å²) < 4.78 is 10.3. The van der Waals surface area contributed by atoms with Crippen molar-refractivity contribution < 1.29 is 9.21 Å². The highest BCUT2D eigenvalue weighted by Crippen LogP contribution is 2.27. The molecule has 8 heteroatoms. The Morgan fingerprint density at radius 3 is 3.00 bits per heavy atom. The second-order valence-electron chi connectivity index (χ2n) is 3.56. The minimum atomic E-state index is -0.430. The molecule has 0 aliphatic carbocycles. The molecule has 0 radical (unpaired) electrons. The second kappa shape index (κ2) is 5.51. The topological polar surface area (TPSA) is 94.0 Å². The molecular formula is C10H12N4O2S2. The van der Waals surface area contributed by atoms with E-state index in [4.69, 9.17) is 10.3 Å². The summed E-state index contributed by atoms with van der Waals surface area (Å²) in [6.07, 6.45) is 0. The van der Waals surface area contributed by atoms with Crippen molar-refractivity contribution in [2.45, 2.75) is 23.9 Å². The fourth-order valence-electron chi connectivity index (χ4n) is 1.32. The van der Waals surface area contributed by atoms with Crippen LogP contribution < -0.4 is 11.3 Å². The van der Waals surface area contributed by atoms with E-state index in [1.165, 1.54) is 11.5 Å². The van der Waals surface area contributed by atoms with E-state index in [9.17, 15) is 4.79 Å². The summed E-state index contributed by atoms with van der Waals surface area (Å²) >= 11 is 2.93. The van der Waals surface area contributed by atoms with E-state index in [2.05, 4.69) is 9.36 Å². The monoisotopic (exact) mass is 284 g/mol. The Bertz CT molecular complexity index is 564. The maximum absolute atomic E-state index is 11.3. The third-order valence-electron chi connectivity index (χ3n) is 2.24. The molecule has 96 valence electrons. The van der Waals surface area contributed by atoms with Crippen LogP contribution in [-0.4, -0.2) is 15.3 Å². The molecule has 0 saturated carbocycles. The number of rotatable bonds is 4. The van der Waals surface area contributed by atoms with Gasteiger partial charge in [0.25, 0.3) is 0 Å². The molecule has 0 aliphatic rings. The fraction of sp³-hybridized carbons (Fsp3) is 0.300. The number of nitrogens with zero attached hydrogens (tertiary/aromatic N) is 2. The van der Waals surface area contributed by atoms with Gasteiger partial charge in [0.2, 0.25) is 0 Å². The van der Waals surface area contributed by atoms with Crippen molar-refractivity contribution in [1.82, 2.24) is 14.8 Å². The predicted molar refractivity (Wildman–Crippen MR) is 69.3 cm³/mol. The molecule has 0 fully saturated rings. The maximum Gasteiger partial charge on any atom is 0.300 e. The van der Waals surface area contributed by atoms with Crippen LogP contribution in [-0.2, 0) is 5.75 Å². The van der Waals surface area contributed by atoms with E-state index in [1.54, 1.807) is 17.8 Å². The molecule has 2 rings (SSSR count). The third kappa shape index (κ3) is 2.89. The van der Waals surface area contributed by atoms with Crippen LogP contribution in [0.2, 0.25) is 0 Å². The van der Waals surface area contributed by atoms with Crippen molar-refractivity contribution in [2.24, 2.45) is 5.84 Å². The molecule has 2 heterocycles. The summed E-state index contributed by atoms with van der Waals surface area (Å²) in [7, 11) is 0. The van der Waals surface area contributed by atoms with Crippen molar-refractivity contribution in [2.75, 3.05) is 0 Å². The molecule has 0 aliphatic heterocycles. The fourth-order valence-corrected chi connectivity index (χ4v) is 3.01. The number of amides is 1. The van der Waals surface area contributed by atoms with Crippen LogP contribution in [0.15, 0.2) is 14.8 Å². The van der Waals surface area contributed by atoms with Crippen LogP contribution in [0, 0.1) is 13.8 Å². The van der Waals surface area contributed by atoms with Crippen molar-refractivity contribution in [1.29, 1.82) is 0 Å². The quantitative estimate of drug-likeness (QED) is 0.384. The lowest BCUT2D eigenvalue weighted by atomic mass is 10.3. The summed E-state index contributed by atoms with van der Waals surface area (Å²) in [5.74, 6) is 7.01. The average Bonchev–Trinajstić information content (AvgIpc) is 2.92. The first kappa shape index (κ1) is 13.1. The zero-order valence-electron chi connectivity index (χ0n) is 9.89. The molecule has 2 aromatic rings. The van der Waals surface area contributed by atoms with Gasteiger partial charge in [-0.15, -0.1) is 0 Å². The van der Waals surface area contributed by atoms with Crippen LogP contribution in [0.4, 0.5) is 0 Å². The average molecular weight is 284 g/mol. The smallest absolute Gasteiger partial charge is 0.300 e. The molecule has 0 bridgehead atoms. The Morgan fingerprint density at radius 1 is 1.61 bits per heavy atom. The van der Waals surface area contributed by atoms with Crippen molar-refractivity contribution in [3.05, 3.63) is 29.0 Å². The van der Waals surface area contributed by atoms with Crippen molar-refractivity contribution in [3.63, 3.8) is 0 Å². The molecule has 18 heavy (non-hydrogen) atoms. The van der Waals surface area contributed by atoms with Crippen LogP contribution in [0.1, 0.15) is 27.7 Å². The molecular weight excluding hydrogens is 272 g/mol. The second-order valence-corrected chi connectivity index (χ2v) is 5.54. The number of thioether (sulfide) groups is 1. The molecule has 0 aromatic carbocycles. The van der Waals surface area contributed by atoms with Crippen molar-refractivity contribution in [3.8, 4) is 0 Å². The third-order valence-corrected chi connectivity index (χ3v) is 4.21. The number of nitrogens with two attached hydrogens (primary N) is 1. The molecule has 0 saturated heterocycles.